The third-order valence-corrected chi connectivity index (χ3v) is 4.38. The molecule has 0 amide bonds. The number of hydrogen-bond acceptors (Lipinski definition) is 3. The Balaban J connectivity index is 1.80. The SMILES string of the molecule is C=[S-](=O)c1ccc(N=Cc2ccc3c(c2)CCC3)cc1. The van der Waals surface area contributed by atoms with Crippen molar-refractivity contribution < 1.29 is 4.21 Å². The van der Waals surface area contributed by atoms with Crippen LogP contribution in [-0.2, 0) is 27.4 Å². The second-order valence-corrected chi connectivity index (χ2v) is 6.14. The van der Waals surface area contributed by atoms with Crippen molar-refractivity contribution in [3.05, 3.63) is 59.2 Å². The van der Waals surface area contributed by atoms with Crippen molar-refractivity contribution in [3.8, 4) is 0 Å². The average molecular weight is 282 g/mol. The van der Waals surface area contributed by atoms with Crippen LogP contribution in [0.4, 0.5) is 5.69 Å². The van der Waals surface area contributed by atoms with E-state index in [2.05, 4.69) is 29.1 Å². The molecule has 0 atom stereocenters. The summed E-state index contributed by atoms with van der Waals surface area (Å²) in [6, 6.07) is 13.9. The molecule has 3 rings (SSSR count). The van der Waals surface area contributed by atoms with E-state index in [0.29, 0.717) is 0 Å². The first-order valence-electron chi connectivity index (χ1n) is 6.70. The van der Waals surface area contributed by atoms with Gasteiger partial charge in [0.25, 0.3) is 0 Å². The molecule has 0 radical (unpaired) electrons. The highest BCUT2D eigenvalue weighted by Crippen LogP contribution is 2.22. The molecule has 0 heterocycles. The second kappa shape index (κ2) is 5.63. The van der Waals surface area contributed by atoms with E-state index >= 15 is 0 Å². The molecule has 20 heavy (non-hydrogen) atoms. The van der Waals surface area contributed by atoms with Crippen molar-refractivity contribution >= 4 is 28.2 Å². The van der Waals surface area contributed by atoms with Gasteiger partial charge in [-0.1, -0.05) is 24.3 Å². The minimum atomic E-state index is -1.18. The first-order valence-corrected chi connectivity index (χ1v) is 8.02. The molecular formula is C17H16NOS-. The van der Waals surface area contributed by atoms with Gasteiger partial charge in [-0.05, 0) is 54.2 Å². The normalized spacial score (nSPS) is 14.1. The third kappa shape index (κ3) is 2.83. The molecule has 0 saturated heterocycles. The quantitative estimate of drug-likeness (QED) is 0.480. The predicted molar refractivity (Wildman–Crippen MR) is 85.6 cm³/mol. The van der Waals surface area contributed by atoms with Crippen molar-refractivity contribution in [3.63, 3.8) is 0 Å². The number of benzene rings is 2. The lowest BCUT2D eigenvalue weighted by Gasteiger charge is -2.03. The number of aliphatic imine (C=N–C) groups is 1. The number of fused-ring (bicyclic) bond motifs is 1. The van der Waals surface area contributed by atoms with Gasteiger partial charge in [-0.3, -0.25) is 15.4 Å². The van der Waals surface area contributed by atoms with Crippen LogP contribution in [-0.4, -0.2) is 12.1 Å². The van der Waals surface area contributed by atoms with Crippen molar-refractivity contribution in [2.75, 3.05) is 0 Å². The van der Waals surface area contributed by atoms with Gasteiger partial charge in [-0.25, -0.2) is 0 Å². The summed E-state index contributed by atoms with van der Waals surface area (Å²) in [4.78, 5) is 5.18. The van der Waals surface area contributed by atoms with Gasteiger partial charge < -0.3 is 4.21 Å². The molecule has 1 aliphatic rings. The van der Waals surface area contributed by atoms with Crippen molar-refractivity contribution in [1.82, 2.24) is 0 Å². The molecule has 1 aliphatic carbocycles. The van der Waals surface area contributed by atoms with E-state index in [0.717, 1.165) is 16.1 Å². The molecular weight excluding hydrogens is 266 g/mol. The Hall–Kier alpha value is -1.87. The van der Waals surface area contributed by atoms with Crippen LogP contribution in [0.15, 0.2) is 52.4 Å². The van der Waals surface area contributed by atoms with Gasteiger partial charge in [0, 0.05) is 6.21 Å². The molecule has 2 aromatic carbocycles. The van der Waals surface area contributed by atoms with Crippen LogP contribution in [0, 0.1) is 0 Å². The largest absolute Gasteiger partial charge is 0.457 e. The summed E-state index contributed by atoms with van der Waals surface area (Å²) in [7, 11) is -1.18. The van der Waals surface area contributed by atoms with E-state index in [4.69, 9.17) is 0 Å². The van der Waals surface area contributed by atoms with Crippen LogP contribution in [0.25, 0.3) is 0 Å². The Morgan fingerprint density at radius 2 is 1.80 bits per heavy atom. The molecule has 102 valence electrons. The van der Waals surface area contributed by atoms with E-state index in [9.17, 15) is 4.21 Å². The van der Waals surface area contributed by atoms with Gasteiger partial charge >= 0.3 is 0 Å². The zero-order valence-corrected chi connectivity index (χ0v) is 12.0. The van der Waals surface area contributed by atoms with Crippen LogP contribution in [0.3, 0.4) is 0 Å². The highest BCUT2D eigenvalue weighted by Gasteiger charge is 2.09. The summed E-state index contributed by atoms with van der Waals surface area (Å²) in [5.41, 5.74) is 4.93. The zero-order chi connectivity index (χ0) is 13.9. The Labute approximate surface area is 121 Å². The molecule has 0 spiro atoms. The minimum Gasteiger partial charge on any atom is -0.457 e. The predicted octanol–water partition coefficient (Wildman–Crippen LogP) is 3.68. The molecule has 2 nitrogen and oxygen atoms in total. The summed E-state index contributed by atoms with van der Waals surface area (Å²) < 4.78 is 11.2. The summed E-state index contributed by atoms with van der Waals surface area (Å²) in [5, 5.41) is 0. The third-order valence-electron chi connectivity index (χ3n) is 3.58. The van der Waals surface area contributed by atoms with Crippen molar-refractivity contribution in [2.45, 2.75) is 24.2 Å². The van der Waals surface area contributed by atoms with Crippen LogP contribution in [0.2, 0.25) is 0 Å². The highest BCUT2D eigenvalue weighted by molar-refractivity contribution is 7.82. The van der Waals surface area contributed by atoms with E-state index in [1.165, 1.54) is 30.4 Å². The minimum absolute atomic E-state index is 0.724. The molecule has 2 aromatic rings. The van der Waals surface area contributed by atoms with Crippen LogP contribution < -0.4 is 0 Å². The fraction of sp³-hybridized carbons (Fsp3) is 0.176. The number of nitrogens with zero attached hydrogens (tertiary/aromatic N) is 1. The Bertz CT molecular complexity index is 719. The van der Waals surface area contributed by atoms with Gasteiger partial charge in [0.1, 0.15) is 0 Å². The first-order chi connectivity index (χ1) is 9.72. The summed E-state index contributed by atoms with van der Waals surface area (Å²) >= 11 is 0. The fourth-order valence-corrected chi connectivity index (χ4v) is 2.94. The Morgan fingerprint density at radius 1 is 1.05 bits per heavy atom. The van der Waals surface area contributed by atoms with E-state index in [1.807, 2.05) is 18.3 Å². The van der Waals surface area contributed by atoms with E-state index < -0.39 is 10.4 Å². The lowest BCUT2D eigenvalue weighted by atomic mass is 10.1. The number of hydrogen-bond donors (Lipinski definition) is 0. The standard InChI is InChI=1S/C17H16NOS/c1-20(19)17-9-7-16(8-10-17)18-12-13-5-6-14-3-2-4-15(14)11-13/h5-12H,1-4H2/q-1. The Kier molecular flexibility index (Phi) is 3.70. The molecule has 0 unspecified atom stereocenters. The molecule has 0 N–H and O–H groups in total. The average Bonchev–Trinajstić information content (AvgIpc) is 2.93. The van der Waals surface area contributed by atoms with Crippen molar-refractivity contribution in [1.29, 1.82) is 0 Å². The van der Waals surface area contributed by atoms with Crippen LogP contribution >= 0.6 is 0 Å². The topological polar surface area (TPSA) is 29.4 Å². The maximum Gasteiger partial charge on any atom is 0.0628 e. The Morgan fingerprint density at radius 3 is 2.55 bits per heavy atom. The van der Waals surface area contributed by atoms with Gasteiger partial charge in [-0.15, -0.1) is 4.90 Å². The molecule has 0 aliphatic heterocycles. The summed E-state index contributed by atoms with van der Waals surface area (Å²) in [6.45, 7) is 0. The molecule has 0 saturated carbocycles. The van der Waals surface area contributed by atoms with Crippen LogP contribution in [0.5, 0.6) is 0 Å². The summed E-state index contributed by atoms with van der Waals surface area (Å²) in [5.74, 6) is 3.50. The monoisotopic (exact) mass is 282 g/mol. The first kappa shape index (κ1) is 13.1. The second-order valence-electron chi connectivity index (χ2n) is 4.98. The van der Waals surface area contributed by atoms with Crippen LogP contribution in [0.1, 0.15) is 23.1 Å². The number of aryl methyl sites for hydroxylation is 2. The fourth-order valence-electron chi connectivity index (χ4n) is 2.51. The number of rotatable bonds is 3. The van der Waals surface area contributed by atoms with Gasteiger partial charge in [0.2, 0.25) is 0 Å². The molecule has 0 bridgehead atoms. The molecule has 0 aromatic heterocycles. The lowest BCUT2D eigenvalue weighted by molar-refractivity contribution is 0.603. The van der Waals surface area contributed by atoms with Gasteiger partial charge in [-0.2, -0.15) is 5.87 Å². The lowest BCUT2D eigenvalue weighted by Crippen LogP contribution is -1.86. The highest BCUT2D eigenvalue weighted by atomic mass is 32.2. The zero-order valence-electron chi connectivity index (χ0n) is 11.2. The smallest absolute Gasteiger partial charge is 0.0628 e. The maximum absolute atomic E-state index is 11.2. The molecule has 3 heteroatoms. The van der Waals surface area contributed by atoms with Gasteiger partial charge in [0.15, 0.2) is 0 Å². The van der Waals surface area contributed by atoms with E-state index in [-0.39, 0.29) is 0 Å². The van der Waals surface area contributed by atoms with Gasteiger partial charge in [0.05, 0.1) is 5.69 Å². The molecule has 0 fully saturated rings. The summed E-state index contributed by atoms with van der Waals surface area (Å²) in [6.07, 6.45) is 5.53. The van der Waals surface area contributed by atoms with Crippen molar-refractivity contribution in [2.24, 2.45) is 4.99 Å². The maximum atomic E-state index is 11.2. The van der Waals surface area contributed by atoms with E-state index in [1.54, 1.807) is 12.1 Å².